The van der Waals surface area contributed by atoms with Gasteiger partial charge in [0.25, 0.3) is 9.05 Å². The maximum Gasteiger partial charge on any atom is 0.261 e. The summed E-state index contributed by atoms with van der Waals surface area (Å²) in [4.78, 5) is 11.6. The van der Waals surface area contributed by atoms with Crippen molar-refractivity contribution >= 4 is 25.6 Å². The Labute approximate surface area is 117 Å². The first-order valence-electron chi connectivity index (χ1n) is 6.25. The molecule has 0 radical (unpaired) electrons. The second kappa shape index (κ2) is 5.92. The molecule has 6 heteroatoms. The summed E-state index contributed by atoms with van der Waals surface area (Å²) in [5.41, 5.74) is 0.922. The number of hydrogen-bond donors (Lipinski definition) is 1. The number of carbonyl (C=O) groups is 1. The SMILES string of the molecule is O=C(CCc1ccc(S(=O)(=O)Cl)cc1)NCC1CC1. The molecule has 0 bridgehead atoms. The summed E-state index contributed by atoms with van der Waals surface area (Å²) in [5, 5.41) is 2.89. The van der Waals surface area contributed by atoms with Gasteiger partial charge in [0.05, 0.1) is 4.90 Å². The van der Waals surface area contributed by atoms with E-state index in [-0.39, 0.29) is 10.8 Å². The lowest BCUT2D eigenvalue weighted by atomic mass is 10.1. The molecular weight excluding hydrogens is 286 g/mol. The topological polar surface area (TPSA) is 63.2 Å². The van der Waals surface area contributed by atoms with E-state index in [9.17, 15) is 13.2 Å². The number of hydrogen-bond acceptors (Lipinski definition) is 3. The molecule has 1 aromatic rings. The number of amides is 1. The van der Waals surface area contributed by atoms with Crippen LogP contribution in [0, 0.1) is 5.92 Å². The molecule has 1 amide bonds. The Balaban J connectivity index is 1.80. The Hall–Kier alpha value is -1.07. The Morgan fingerprint density at radius 1 is 1.26 bits per heavy atom. The van der Waals surface area contributed by atoms with Crippen molar-refractivity contribution in [2.45, 2.75) is 30.6 Å². The van der Waals surface area contributed by atoms with Crippen molar-refractivity contribution in [3.8, 4) is 0 Å². The van der Waals surface area contributed by atoms with E-state index in [4.69, 9.17) is 10.7 Å². The van der Waals surface area contributed by atoms with E-state index in [1.165, 1.54) is 25.0 Å². The number of halogens is 1. The van der Waals surface area contributed by atoms with Crippen LogP contribution >= 0.6 is 10.7 Å². The molecular formula is C13H16ClNO3S. The summed E-state index contributed by atoms with van der Waals surface area (Å²) in [6.45, 7) is 0.780. The molecule has 1 N–H and O–H groups in total. The molecule has 1 fully saturated rings. The van der Waals surface area contributed by atoms with Gasteiger partial charge in [-0.05, 0) is 42.9 Å². The summed E-state index contributed by atoms with van der Waals surface area (Å²) in [6.07, 6.45) is 3.45. The Morgan fingerprint density at radius 3 is 2.42 bits per heavy atom. The van der Waals surface area contributed by atoms with Crippen LogP contribution in [0.4, 0.5) is 0 Å². The monoisotopic (exact) mass is 301 g/mol. The van der Waals surface area contributed by atoms with Gasteiger partial charge in [-0.1, -0.05) is 12.1 Å². The molecule has 0 saturated heterocycles. The highest BCUT2D eigenvalue weighted by molar-refractivity contribution is 8.13. The molecule has 4 nitrogen and oxygen atoms in total. The van der Waals surface area contributed by atoms with Gasteiger partial charge < -0.3 is 5.32 Å². The molecule has 1 aliphatic rings. The van der Waals surface area contributed by atoms with Crippen LogP contribution < -0.4 is 5.32 Å². The van der Waals surface area contributed by atoms with Gasteiger partial charge in [0.2, 0.25) is 5.91 Å². The third-order valence-corrected chi connectivity index (χ3v) is 4.50. The summed E-state index contributed by atoms with van der Waals surface area (Å²) in [5.74, 6) is 0.720. The quantitative estimate of drug-likeness (QED) is 0.818. The molecule has 1 aliphatic carbocycles. The number of carbonyl (C=O) groups excluding carboxylic acids is 1. The van der Waals surface area contributed by atoms with E-state index in [0.717, 1.165) is 12.1 Å². The molecule has 104 valence electrons. The van der Waals surface area contributed by atoms with E-state index in [0.29, 0.717) is 18.8 Å². The number of rotatable bonds is 6. The lowest BCUT2D eigenvalue weighted by Gasteiger charge is -2.04. The van der Waals surface area contributed by atoms with Crippen molar-refractivity contribution in [2.75, 3.05) is 6.54 Å². The largest absolute Gasteiger partial charge is 0.356 e. The molecule has 0 spiro atoms. The van der Waals surface area contributed by atoms with Crippen molar-refractivity contribution in [1.82, 2.24) is 5.32 Å². The third-order valence-electron chi connectivity index (χ3n) is 3.13. The highest BCUT2D eigenvalue weighted by Crippen LogP contribution is 2.27. The Morgan fingerprint density at radius 2 is 1.89 bits per heavy atom. The number of nitrogens with one attached hydrogen (secondary N) is 1. The van der Waals surface area contributed by atoms with Gasteiger partial charge in [0.1, 0.15) is 0 Å². The zero-order chi connectivity index (χ0) is 13.9. The minimum absolute atomic E-state index is 0.0425. The predicted octanol–water partition coefficient (Wildman–Crippen LogP) is 2.07. The van der Waals surface area contributed by atoms with Crippen LogP contribution in [-0.2, 0) is 20.3 Å². The van der Waals surface area contributed by atoms with Crippen molar-refractivity contribution in [1.29, 1.82) is 0 Å². The first-order chi connectivity index (χ1) is 8.95. The molecule has 0 aromatic heterocycles. The Kier molecular flexibility index (Phi) is 4.47. The van der Waals surface area contributed by atoms with E-state index in [2.05, 4.69) is 5.32 Å². The van der Waals surface area contributed by atoms with Crippen molar-refractivity contribution in [3.63, 3.8) is 0 Å². The van der Waals surface area contributed by atoms with E-state index >= 15 is 0 Å². The van der Waals surface area contributed by atoms with Gasteiger partial charge in [-0.3, -0.25) is 4.79 Å². The smallest absolute Gasteiger partial charge is 0.261 e. The highest BCUT2D eigenvalue weighted by atomic mass is 35.7. The van der Waals surface area contributed by atoms with Crippen LogP contribution in [0.5, 0.6) is 0 Å². The summed E-state index contributed by atoms with van der Waals surface area (Å²) in [7, 11) is 1.55. The van der Waals surface area contributed by atoms with Gasteiger partial charge in [0, 0.05) is 23.6 Å². The molecule has 19 heavy (non-hydrogen) atoms. The van der Waals surface area contributed by atoms with Crippen LogP contribution in [-0.4, -0.2) is 20.9 Å². The normalized spacial score (nSPS) is 15.2. The second-order valence-electron chi connectivity index (χ2n) is 4.83. The lowest BCUT2D eigenvalue weighted by Crippen LogP contribution is -2.25. The summed E-state index contributed by atoms with van der Waals surface area (Å²) in [6, 6.07) is 6.28. The third kappa shape index (κ3) is 4.84. The van der Waals surface area contributed by atoms with Crippen molar-refractivity contribution in [3.05, 3.63) is 29.8 Å². The van der Waals surface area contributed by atoms with Gasteiger partial charge >= 0.3 is 0 Å². The number of benzene rings is 1. The zero-order valence-electron chi connectivity index (χ0n) is 10.4. The Bertz CT molecular complexity index is 550. The maximum absolute atomic E-state index is 11.5. The van der Waals surface area contributed by atoms with Crippen molar-refractivity contribution < 1.29 is 13.2 Å². The highest BCUT2D eigenvalue weighted by Gasteiger charge is 2.21. The molecule has 2 rings (SSSR count). The fourth-order valence-corrected chi connectivity index (χ4v) is 2.51. The lowest BCUT2D eigenvalue weighted by molar-refractivity contribution is -0.121. The fraction of sp³-hybridized carbons (Fsp3) is 0.462. The van der Waals surface area contributed by atoms with Gasteiger partial charge in [-0.15, -0.1) is 0 Å². The maximum atomic E-state index is 11.5. The first-order valence-corrected chi connectivity index (χ1v) is 8.56. The van der Waals surface area contributed by atoms with Crippen molar-refractivity contribution in [2.24, 2.45) is 5.92 Å². The average molecular weight is 302 g/mol. The standard InChI is InChI=1S/C13H16ClNO3S/c14-19(17,18)12-6-3-10(4-7-12)5-8-13(16)15-9-11-1-2-11/h3-4,6-7,11H,1-2,5,8-9H2,(H,15,16). The number of aryl methyl sites for hydroxylation is 1. The van der Waals surface area contributed by atoms with E-state index in [1.807, 2.05) is 0 Å². The minimum Gasteiger partial charge on any atom is -0.356 e. The summed E-state index contributed by atoms with van der Waals surface area (Å²) >= 11 is 0. The van der Waals surface area contributed by atoms with Crippen LogP contribution in [0.2, 0.25) is 0 Å². The van der Waals surface area contributed by atoms with Crippen LogP contribution in [0.3, 0.4) is 0 Å². The zero-order valence-corrected chi connectivity index (χ0v) is 12.0. The predicted molar refractivity (Wildman–Crippen MR) is 73.5 cm³/mol. The molecule has 1 aromatic carbocycles. The molecule has 0 aliphatic heterocycles. The molecule has 0 unspecified atom stereocenters. The second-order valence-corrected chi connectivity index (χ2v) is 7.40. The first kappa shape index (κ1) is 14.3. The minimum atomic E-state index is -3.67. The molecule has 0 atom stereocenters. The molecule has 0 heterocycles. The average Bonchev–Trinajstić information content (AvgIpc) is 3.17. The van der Waals surface area contributed by atoms with Crippen LogP contribution in [0.15, 0.2) is 29.2 Å². The van der Waals surface area contributed by atoms with E-state index in [1.54, 1.807) is 12.1 Å². The summed E-state index contributed by atoms with van der Waals surface area (Å²) < 4.78 is 22.1. The van der Waals surface area contributed by atoms with E-state index < -0.39 is 9.05 Å². The van der Waals surface area contributed by atoms with Gasteiger partial charge in [0.15, 0.2) is 0 Å². The van der Waals surface area contributed by atoms with Crippen LogP contribution in [0.25, 0.3) is 0 Å². The molecule has 1 saturated carbocycles. The fourth-order valence-electron chi connectivity index (χ4n) is 1.75. The van der Waals surface area contributed by atoms with Gasteiger partial charge in [-0.25, -0.2) is 8.42 Å². The van der Waals surface area contributed by atoms with Crippen LogP contribution in [0.1, 0.15) is 24.8 Å². The van der Waals surface area contributed by atoms with Gasteiger partial charge in [-0.2, -0.15) is 0 Å².